The molecule has 0 fully saturated rings. The molecule has 0 saturated carbocycles. The van der Waals surface area contributed by atoms with Gasteiger partial charge in [-0.25, -0.2) is 4.98 Å². The molecule has 0 bridgehead atoms. The normalized spacial score (nSPS) is 19.0. The first-order valence-electron chi connectivity index (χ1n) is 5.85. The number of hydrogen-bond acceptors (Lipinski definition) is 3. The van der Waals surface area contributed by atoms with Gasteiger partial charge in [0.05, 0.1) is 18.0 Å². The Morgan fingerprint density at radius 3 is 2.82 bits per heavy atom. The molecule has 4 nitrogen and oxygen atoms in total. The van der Waals surface area contributed by atoms with E-state index in [9.17, 15) is 5.11 Å². The lowest BCUT2D eigenvalue weighted by Crippen LogP contribution is -2.15. The Bertz CT molecular complexity index is 530. The number of nitrogens with zero attached hydrogens (tertiary/aromatic N) is 2. The number of aliphatic hydroxyl groups is 1. The summed E-state index contributed by atoms with van der Waals surface area (Å²) >= 11 is 0. The van der Waals surface area contributed by atoms with Crippen LogP contribution in [0.15, 0.2) is 30.5 Å². The van der Waals surface area contributed by atoms with E-state index in [1.165, 1.54) is 0 Å². The Balaban J connectivity index is 2.07. The van der Waals surface area contributed by atoms with E-state index in [1.807, 2.05) is 24.3 Å². The topological polar surface area (TPSA) is 64.1 Å². The van der Waals surface area contributed by atoms with Crippen LogP contribution in [0.4, 0.5) is 5.69 Å². The fourth-order valence-electron chi connectivity index (χ4n) is 2.34. The van der Waals surface area contributed by atoms with Crippen LogP contribution >= 0.6 is 0 Å². The molecular formula is C13H15N3O. The molecule has 1 unspecified atom stereocenters. The van der Waals surface area contributed by atoms with Crippen LogP contribution < -0.4 is 5.73 Å². The predicted molar refractivity (Wildman–Crippen MR) is 66.3 cm³/mol. The molecule has 1 aliphatic heterocycles. The van der Waals surface area contributed by atoms with Gasteiger partial charge >= 0.3 is 0 Å². The molecule has 88 valence electrons. The molecule has 3 N–H and O–H groups in total. The van der Waals surface area contributed by atoms with E-state index in [4.69, 9.17) is 5.73 Å². The van der Waals surface area contributed by atoms with Crippen molar-refractivity contribution in [3.63, 3.8) is 0 Å². The zero-order chi connectivity index (χ0) is 11.8. The Morgan fingerprint density at radius 2 is 2.06 bits per heavy atom. The zero-order valence-corrected chi connectivity index (χ0v) is 9.50. The fourth-order valence-corrected chi connectivity index (χ4v) is 2.34. The van der Waals surface area contributed by atoms with E-state index >= 15 is 0 Å². The molecule has 1 aliphatic rings. The van der Waals surface area contributed by atoms with Gasteiger partial charge in [-0.05, 0) is 37.1 Å². The second-order valence-corrected chi connectivity index (χ2v) is 4.44. The highest BCUT2D eigenvalue weighted by atomic mass is 16.3. The minimum Gasteiger partial charge on any atom is -0.399 e. The monoisotopic (exact) mass is 229 g/mol. The van der Waals surface area contributed by atoms with Gasteiger partial charge in [0.15, 0.2) is 0 Å². The lowest BCUT2D eigenvalue weighted by Gasteiger charge is -2.21. The van der Waals surface area contributed by atoms with Crippen LogP contribution in [0.2, 0.25) is 0 Å². The van der Waals surface area contributed by atoms with Crippen molar-refractivity contribution in [2.24, 2.45) is 0 Å². The Kier molecular flexibility index (Phi) is 2.37. The minimum atomic E-state index is -0.376. The molecule has 17 heavy (non-hydrogen) atoms. The lowest BCUT2D eigenvalue weighted by molar-refractivity contribution is 0.139. The van der Waals surface area contributed by atoms with Crippen LogP contribution in [0.5, 0.6) is 0 Å². The number of rotatable bonds is 1. The summed E-state index contributed by atoms with van der Waals surface area (Å²) in [5.74, 6) is 0.916. The molecule has 1 aromatic carbocycles. The van der Waals surface area contributed by atoms with Crippen molar-refractivity contribution in [2.75, 3.05) is 5.73 Å². The summed E-state index contributed by atoms with van der Waals surface area (Å²) in [4.78, 5) is 4.41. The van der Waals surface area contributed by atoms with E-state index in [2.05, 4.69) is 9.55 Å². The SMILES string of the molecule is Nc1ccc(-c2ncc3n2CCCC3O)cc1. The molecule has 0 aliphatic carbocycles. The smallest absolute Gasteiger partial charge is 0.140 e. The van der Waals surface area contributed by atoms with Crippen molar-refractivity contribution in [1.29, 1.82) is 0 Å². The van der Waals surface area contributed by atoms with Gasteiger partial charge in [-0.2, -0.15) is 0 Å². The van der Waals surface area contributed by atoms with Gasteiger partial charge in [-0.15, -0.1) is 0 Å². The first-order chi connectivity index (χ1) is 8.25. The highest BCUT2D eigenvalue weighted by Crippen LogP contribution is 2.30. The second kappa shape index (κ2) is 3.89. The summed E-state index contributed by atoms with van der Waals surface area (Å²) < 4.78 is 2.10. The third-order valence-electron chi connectivity index (χ3n) is 3.26. The van der Waals surface area contributed by atoms with Gasteiger partial charge in [0, 0.05) is 17.8 Å². The van der Waals surface area contributed by atoms with Crippen LogP contribution in [0, 0.1) is 0 Å². The highest BCUT2D eigenvalue weighted by Gasteiger charge is 2.21. The van der Waals surface area contributed by atoms with E-state index in [-0.39, 0.29) is 6.10 Å². The molecule has 1 aromatic heterocycles. The maximum absolute atomic E-state index is 9.88. The molecule has 1 atom stereocenters. The van der Waals surface area contributed by atoms with Gasteiger partial charge in [0.25, 0.3) is 0 Å². The quantitative estimate of drug-likeness (QED) is 0.735. The number of nitrogens with two attached hydrogens (primary N) is 1. The van der Waals surface area contributed by atoms with E-state index < -0.39 is 0 Å². The van der Waals surface area contributed by atoms with Crippen molar-refractivity contribution in [2.45, 2.75) is 25.5 Å². The van der Waals surface area contributed by atoms with Gasteiger partial charge in [0.1, 0.15) is 5.82 Å². The number of aliphatic hydroxyl groups excluding tert-OH is 1. The zero-order valence-electron chi connectivity index (χ0n) is 9.50. The van der Waals surface area contributed by atoms with Crippen molar-refractivity contribution >= 4 is 5.69 Å². The van der Waals surface area contributed by atoms with E-state index in [0.29, 0.717) is 0 Å². The molecular weight excluding hydrogens is 214 g/mol. The lowest BCUT2D eigenvalue weighted by atomic mass is 10.1. The maximum atomic E-state index is 9.88. The van der Waals surface area contributed by atoms with Crippen LogP contribution in [0.3, 0.4) is 0 Å². The number of anilines is 1. The average molecular weight is 229 g/mol. The standard InChI is InChI=1S/C13H15N3O/c14-10-5-3-9(4-6-10)13-15-8-11-12(17)2-1-7-16(11)13/h3-6,8,12,17H,1-2,7,14H2. The summed E-state index contributed by atoms with van der Waals surface area (Å²) in [5.41, 5.74) is 8.38. The molecule has 0 radical (unpaired) electrons. The second-order valence-electron chi connectivity index (χ2n) is 4.44. The highest BCUT2D eigenvalue weighted by molar-refractivity contribution is 5.59. The van der Waals surface area contributed by atoms with E-state index in [1.54, 1.807) is 6.20 Å². The number of aromatic nitrogens is 2. The molecule has 0 saturated heterocycles. The Hall–Kier alpha value is -1.81. The van der Waals surface area contributed by atoms with Crippen molar-refractivity contribution < 1.29 is 5.11 Å². The maximum Gasteiger partial charge on any atom is 0.140 e. The van der Waals surface area contributed by atoms with Crippen LogP contribution in [-0.2, 0) is 6.54 Å². The predicted octanol–water partition coefficient (Wildman–Crippen LogP) is 1.96. The number of nitrogen functional groups attached to an aromatic ring is 1. The fraction of sp³-hybridized carbons (Fsp3) is 0.308. The number of hydrogen-bond donors (Lipinski definition) is 2. The van der Waals surface area contributed by atoms with Gasteiger partial charge in [0.2, 0.25) is 0 Å². The summed E-state index contributed by atoms with van der Waals surface area (Å²) in [6.07, 6.45) is 3.22. The van der Waals surface area contributed by atoms with Crippen LogP contribution in [0.25, 0.3) is 11.4 Å². The summed E-state index contributed by atoms with van der Waals surface area (Å²) in [5, 5.41) is 9.88. The molecule has 0 spiro atoms. The third kappa shape index (κ3) is 1.70. The average Bonchev–Trinajstić information content (AvgIpc) is 2.75. The van der Waals surface area contributed by atoms with Gasteiger partial charge in [-0.1, -0.05) is 0 Å². The largest absolute Gasteiger partial charge is 0.399 e. The minimum absolute atomic E-state index is 0.376. The summed E-state index contributed by atoms with van der Waals surface area (Å²) in [6.45, 7) is 0.923. The molecule has 0 amide bonds. The first-order valence-corrected chi connectivity index (χ1v) is 5.85. The van der Waals surface area contributed by atoms with Gasteiger partial charge in [-0.3, -0.25) is 0 Å². The molecule has 2 heterocycles. The summed E-state index contributed by atoms with van der Waals surface area (Å²) in [7, 11) is 0. The molecule has 2 aromatic rings. The van der Waals surface area contributed by atoms with Crippen molar-refractivity contribution in [3.05, 3.63) is 36.2 Å². The first kappa shape index (κ1) is 10.4. The Morgan fingerprint density at radius 1 is 1.29 bits per heavy atom. The van der Waals surface area contributed by atoms with Crippen LogP contribution in [0.1, 0.15) is 24.6 Å². The van der Waals surface area contributed by atoms with Crippen LogP contribution in [-0.4, -0.2) is 14.7 Å². The molecule has 4 heteroatoms. The number of fused-ring (bicyclic) bond motifs is 1. The summed E-state index contributed by atoms with van der Waals surface area (Å²) in [6, 6.07) is 7.67. The van der Waals surface area contributed by atoms with Crippen molar-refractivity contribution in [1.82, 2.24) is 9.55 Å². The Labute approximate surface area is 99.7 Å². The van der Waals surface area contributed by atoms with Crippen molar-refractivity contribution in [3.8, 4) is 11.4 Å². The van der Waals surface area contributed by atoms with E-state index in [0.717, 1.165) is 42.2 Å². The number of imidazole rings is 1. The third-order valence-corrected chi connectivity index (χ3v) is 3.26. The number of benzene rings is 1. The molecule has 3 rings (SSSR count). The van der Waals surface area contributed by atoms with Gasteiger partial charge < -0.3 is 15.4 Å².